The van der Waals surface area contributed by atoms with Gasteiger partial charge < -0.3 is 5.32 Å². The third-order valence-corrected chi connectivity index (χ3v) is 6.83. The number of hydrogen-bond donors (Lipinski definition) is 1. The van der Waals surface area contributed by atoms with Gasteiger partial charge in [-0.3, -0.25) is 9.69 Å². The number of halogens is 1. The molecule has 0 saturated carbocycles. The number of carbonyl (C=O) groups is 1. The van der Waals surface area contributed by atoms with E-state index in [1.54, 1.807) is 42.5 Å². The SMILES string of the molecule is N#Cc1cccc(NC(=O)CN2CCN(S(=O)(=O)c3ccccc3Cl)CC2)c1. The minimum atomic E-state index is -3.66. The van der Waals surface area contributed by atoms with Crippen molar-refractivity contribution in [2.75, 3.05) is 38.0 Å². The molecule has 1 saturated heterocycles. The molecule has 0 aliphatic carbocycles. The number of nitriles is 1. The number of piperazine rings is 1. The Hall–Kier alpha value is -2.44. The molecule has 1 amide bonds. The van der Waals surface area contributed by atoms with Crippen molar-refractivity contribution in [3.63, 3.8) is 0 Å². The molecule has 1 N–H and O–H groups in total. The molecule has 2 aromatic carbocycles. The third-order valence-electron chi connectivity index (χ3n) is 4.43. The minimum Gasteiger partial charge on any atom is -0.325 e. The summed E-state index contributed by atoms with van der Waals surface area (Å²) in [6.07, 6.45) is 0. The number of sulfonamides is 1. The molecule has 1 aliphatic rings. The van der Waals surface area contributed by atoms with Crippen molar-refractivity contribution in [1.82, 2.24) is 9.21 Å². The zero-order valence-electron chi connectivity index (χ0n) is 15.0. The van der Waals surface area contributed by atoms with E-state index < -0.39 is 10.0 Å². The number of nitrogens with one attached hydrogen (secondary N) is 1. The largest absolute Gasteiger partial charge is 0.325 e. The molecule has 3 rings (SSSR count). The Bertz CT molecular complexity index is 1010. The Labute approximate surface area is 169 Å². The standard InChI is InChI=1S/C19H19ClN4O3S/c20-17-6-1-2-7-18(17)28(26,27)24-10-8-23(9-11-24)14-19(25)22-16-5-3-4-15(12-16)13-21/h1-7,12H,8-11,14H2,(H,22,25). The predicted molar refractivity (Wildman–Crippen MR) is 106 cm³/mol. The van der Waals surface area contributed by atoms with E-state index in [9.17, 15) is 13.2 Å². The van der Waals surface area contributed by atoms with Crippen LogP contribution in [0, 0.1) is 11.3 Å². The number of rotatable bonds is 5. The van der Waals surface area contributed by atoms with E-state index in [0.29, 0.717) is 24.3 Å². The van der Waals surface area contributed by atoms with Crippen LogP contribution < -0.4 is 5.32 Å². The van der Waals surface area contributed by atoms with E-state index in [-0.39, 0.29) is 35.5 Å². The van der Waals surface area contributed by atoms with Crippen LogP contribution in [0.2, 0.25) is 5.02 Å². The smallest absolute Gasteiger partial charge is 0.244 e. The molecule has 0 aromatic heterocycles. The van der Waals surface area contributed by atoms with Gasteiger partial charge in [0.15, 0.2) is 0 Å². The van der Waals surface area contributed by atoms with Gasteiger partial charge in [0.25, 0.3) is 0 Å². The van der Waals surface area contributed by atoms with Gasteiger partial charge in [-0.15, -0.1) is 0 Å². The fourth-order valence-electron chi connectivity index (χ4n) is 2.99. The van der Waals surface area contributed by atoms with Crippen molar-refractivity contribution in [1.29, 1.82) is 5.26 Å². The van der Waals surface area contributed by atoms with Gasteiger partial charge in [0.1, 0.15) is 4.90 Å². The van der Waals surface area contributed by atoms with Gasteiger partial charge >= 0.3 is 0 Å². The van der Waals surface area contributed by atoms with Crippen LogP contribution in [0.15, 0.2) is 53.4 Å². The minimum absolute atomic E-state index is 0.0974. The van der Waals surface area contributed by atoms with Gasteiger partial charge in [-0.05, 0) is 30.3 Å². The van der Waals surface area contributed by atoms with E-state index in [0.717, 1.165) is 0 Å². The summed E-state index contributed by atoms with van der Waals surface area (Å²) < 4.78 is 26.9. The maximum Gasteiger partial charge on any atom is 0.244 e. The Morgan fingerprint density at radius 1 is 1.11 bits per heavy atom. The molecule has 9 heteroatoms. The topological polar surface area (TPSA) is 93.5 Å². The van der Waals surface area contributed by atoms with Crippen molar-refractivity contribution in [3.8, 4) is 6.07 Å². The molecule has 2 aromatic rings. The van der Waals surface area contributed by atoms with Crippen LogP contribution in [-0.4, -0.2) is 56.3 Å². The molecular formula is C19H19ClN4O3S. The molecule has 28 heavy (non-hydrogen) atoms. The lowest BCUT2D eigenvalue weighted by atomic mass is 10.2. The molecular weight excluding hydrogens is 400 g/mol. The molecule has 7 nitrogen and oxygen atoms in total. The van der Waals surface area contributed by atoms with Gasteiger partial charge in [-0.2, -0.15) is 9.57 Å². The Kier molecular flexibility index (Phi) is 6.31. The second-order valence-corrected chi connectivity index (χ2v) is 8.66. The monoisotopic (exact) mass is 418 g/mol. The second kappa shape index (κ2) is 8.71. The molecule has 0 unspecified atom stereocenters. The first-order chi connectivity index (χ1) is 13.4. The first-order valence-electron chi connectivity index (χ1n) is 8.67. The van der Waals surface area contributed by atoms with Crippen LogP contribution in [0.4, 0.5) is 5.69 Å². The normalized spacial score (nSPS) is 15.7. The molecule has 1 fully saturated rings. The molecule has 0 radical (unpaired) electrons. The number of nitrogens with zero attached hydrogens (tertiary/aromatic N) is 3. The quantitative estimate of drug-likeness (QED) is 0.803. The number of anilines is 1. The summed E-state index contributed by atoms with van der Waals surface area (Å²) in [4.78, 5) is 14.2. The van der Waals surface area contributed by atoms with Gasteiger partial charge in [-0.1, -0.05) is 29.8 Å². The fraction of sp³-hybridized carbons (Fsp3) is 0.263. The summed E-state index contributed by atoms with van der Waals surface area (Å²) in [5.74, 6) is -0.211. The van der Waals surface area contributed by atoms with Gasteiger partial charge in [0.2, 0.25) is 15.9 Å². The first-order valence-corrected chi connectivity index (χ1v) is 10.5. The number of carbonyl (C=O) groups excluding carboxylic acids is 1. The Morgan fingerprint density at radius 2 is 1.82 bits per heavy atom. The molecule has 1 aliphatic heterocycles. The van der Waals surface area contributed by atoms with Crippen LogP contribution in [-0.2, 0) is 14.8 Å². The number of benzene rings is 2. The summed E-state index contributed by atoms with van der Waals surface area (Å²) in [5.41, 5.74) is 1.03. The maximum atomic E-state index is 12.8. The highest BCUT2D eigenvalue weighted by atomic mass is 35.5. The van der Waals surface area contributed by atoms with Crippen molar-refractivity contribution in [3.05, 3.63) is 59.1 Å². The van der Waals surface area contributed by atoms with E-state index >= 15 is 0 Å². The second-order valence-electron chi connectivity index (χ2n) is 6.35. The zero-order valence-corrected chi connectivity index (χ0v) is 16.6. The molecule has 0 atom stereocenters. The van der Waals surface area contributed by atoms with Gasteiger partial charge in [0.05, 0.1) is 23.2 Å². The van der Waals surface area contributed by atoms with E-state index in [2.05, 4.69) is 5.32 Å². The van der Waals surface area contributed by atoms with Crippen LogP contribution in [0.3, 0.4) is 0 Å². The Morgan fingerprint density at radius 3 is 2.50 bits per heavy atom. The van der Waals surface area contributed by atoms with Crippen molar-refractivity contribution >= 4 is 33.2 Å². The predicted octanol–water partition coefficient (Wildman–Crippen LogP) is 2.16. The summed E-state index contributed by atoms with van der Waals surface area (Å²) in [6.45, 7) is 1.59. The average molecular weight is 419 g/mol. The van der Waals surface area contributed by atoms with Gasteiger partial charge in [0, 0.05) is 31.9 Å². The third kappa shape index (κ3) is 4.69. The van der Waals surface area contributed by atoms with Crippen molar-refractivity contribution in [2.45, 2.75) is 4.90 Å². The van der Waals surface area contributed by atoms with Crippen molar-refractivity contribution < 1.29 is 13.2 Å². The van der Waals surface area contributed by atoms with Gasteiger partial charge in [-0.25, -0.2) is 8.42 Å². The van der Waals surface area contributed by atoms with Crippen molar-refractivity contribution in [2.24, 2.45) is 0 Å². The fourth-order valence-corrected chi connectivity index (χ4v) is 4.91. The number of hydrogen-bond acceptors (Lipinski definition) is 5. The Balaban J connectivity index is 1.56. The first kappa shape index (κ1) is 20.3. The summed E-state index contributed by atoms with van der Waals surface area (Å²) in [7, 11) is -3.66. The highest BCUT2D eigenvalue weighted by molar-refractivity contribution is 7.89. The molecule has 1 heterocycles. The molecule has 0 bridgehead atoms. The van der Waals surface area contributed by atoms with Crippen LogP contribution in [0.1, 0.15) is 5.56 Å². The van der Waals surface area contributed by atoms with E-state index in [1.807, 2.05) is 11.0 Å². The highest BCUT2D eigenvalue weighted by Crippen LogP contribution is 2.25. The molecule has 146 valence electrons. The van der Waals surface area contributed by atoms with E-state index in [1.165, 1.54) is 10.4 Å². The average Bonchev–Trinajstić information content (AvgIpc) is 2.68. The van der Waals surface area contributed by atoms with Crippen LogP contribution >= 0.6 is 11.6 Å². The summed E-state index contributed by atoms with van der Waals surface area (Å²) in [5, 5.41) is 11.9. The summed E-state index contributed by atoms with van der Waals surface area (Å²) >= 11 is 6.03. The highest BCUT2D eigenvalue weighted by Gasteiger charge is 2.30. The maximum absolute atomic E-state index is 12.8. The lowest BCUT2D eigenvalue weighted by Gasteiger charge is -2.33. The summed E-state index contributed by atoms with van der Waals surface area (Å²) in [6, 6.07) is 15.1. The lowest BCUT2D eigenvalue weighted by Crippen LogP contribution is -2.50. The van der Waals surface area contributed by atoms with Crippen LogP contribution in [0.5, 0.6) is 0 Å². The van der Waals surface area contributed by atoms with E-state index in [4.69, 9.17) is 16.9 Å². The lowest BCUT2D eigenvalue weighted by molar-refractivity contribution is -0.117. The zero-order chi connectivity index (χ0) is 20.1. The molecule has 0 spiro atoms. The van der Waals surface area contributed by atoms with Crippen LogP contribution in [0.25, 0.3) is 0 Å². The number of amides is 1.